The number of rotatable bonds is 5. The van der Waals surface area contributed by atoms with Crippen molar-refractivity contribution >= 4 is 11.7 Å². The average Bonchev–Trinajstić information content (AvgIpc) is 2.22. The van der Waals surface area contributed by atoms with E-state index in [-0.39, 0.29) is 25.6 Å². The number of benzene rings is 1. The maximum atomic E-state index is 11.3. The minimum Gasteiger partial charge on any atom is -0.465 e. The standard InChI is InChI=1S/C11H15NO3/c12-10-5-2-1-4-9(10)8-11(14)15-7-3-6-13/h1-2,4-5,13H,3,6-8,12H2. The van der Waals surface area contributed by atoms with Gasteiger partial charge in [-0.2, -0.15) is 0 Å². The van der Waals surface area contributed by atoms with Crippen molar-refractivity contribution in [2.24, 2.45) is 0 Å². The quantitative estimate of drug-likeness (QED) is 0.426. The lowest BCUT2D eigenvalue weighted by atomic mass is 10.1. The molecule has 1 rings (SSSR count). The zero-order chi connectivity index (χ0) is 11.1. The molecule has 4 nitrogen and oxygen atoms in total. The van der Waals surface area contributed by atoms with Gasteiger partial charge in [-0.25, -0.2) is 0 Å². The van der Waals surface area contributed by atoms with E-state index in [1.54, 1.807) is 12.1 Å². The molecule has 3 N–H and O–H groups in total. The Morgan fingerprint density at radius 3 is 2.80 bits per heavy atom. The van der Waals surface area contributed by atoms with Crippen molar-refractivity contribution in [2.45, 2.75) is 12.8 Å². The summed E-state index contributed by atoms with van der Waals surface area (Å²) in [5.74, 6) is -0.318. The van der Waals surface area contributed by atoms with Gasteiger partial charge < -0.3 is 15.6 Å². The molecule has 82 valence electrons. The lowest BCUT2D eigenvalue weighted by molar-refractivity contribution is -0.143. The van der Waals surface area contributed by atoms with Gasteiger partial charge in [0.1, 0.15) is 0 Å². The van der Waals surface area contributed by atoms with E-state index < -0.39 is 0 Å². The van der Waals surface area contributed by atoms with Crippen LogP contribution >= 0.6 is 0 Å². The molecular weight excluding hydrogens is 194 g/mol. The number of carbonyl (C=O) groups excluding carboxylic acids is 1. The van der Waals surface area contributed by atoms with Gasteiger partial charge >= 0.3 is 5.97 Å². The van der Waals surface area contributed by atoms with E-state index in [0.29, 0.717) is 12.1 Å². The maximum absolute atomic E-state index is 11.3. The second kappa shape index (κ2) is 6.03. The number of anilines is 1. The summed E-state index contributed by atoms with van der Waals surface area (Å²) in [5, 5.41) is 8.50. The van der Waals surface area contributed by atoms with E-state index in [4.69, 9.17) is 15.6 Å². The fourth-order valence-corrected chi connectivity index (χ4v) is 1.15. The SMILES string of the molecule is Nc1ccccc1CC(=O)OCCCO. The number of hydrogen-bond donors (Lipinski definition) is 2. The smallest absolute Gasteiger partial charge is 0.310 e. The molecule has 0 aromatic heterocycles. The molecule has 0 atom stereocenters. The molecule has 15 heavy (non-hydrogen) atoms. The van der Waals surface area contributed by atoms with Crippen LogP contribution in [0.25, 0.3) is 0 Å². The van der Waals surface area contributed by atoms with Crippen LogP contribution in [0.4, 0.5) is 5.69 Å². The fraction of sp³-hybridized carbons (Fsp3) is 0.364. The van der Waals surface area contributed by atoms with Gasteiger partial charge in [0.25, 0.3) is 0 Å². The van der Waals surface area contributed by atoms with Crippen LogP contribution in [0.2, 0.25) is 0 Å². The normalized spacial score (nSPS) is 9.93. The third-order valence-corrected chi connectivity index (χ3v) is 1.96. The molecule has 0 fully saturated rings. The first-order chi connectivity index (χ1) is 7.24. The summed E-state index contributed by atoms with van der Waals surface area (Å²) in [5.41, 5.74) is 7.04. The second-order valence-electron chi connectivity index (χ2n) is 3.17. The van der Waals surface area contributed by atoms with Crippen molar-refractivity contribution in [3.8, 4) is 0 Å². The first-order valence-corrected chi connectivity index (χ1v) is 4.84. The molecule has 0 spiro atoms. The number of aliphatic hydroxyl groups excluding tert-OH is 1. The molecule has 0 saturated carbocycles. The van der Waals surface area contributed by atoms with Gasteiger partial charge in [-0.15, -0.1) is 0 Å². The highest BCUT2D eigenvalue weighted by Gasteiger charge is 2.06. The molecule has 0 saturated heterocycles. The molecular formula is C11H15NO3. The van der Waals surface area contributed by atoms with Crippen LogP contribution in [0.1, 0.15) is 12.0 Å². The first kappa shape index (κ1) is 11.5. The van der Waals surface area contributed by atoms with Crippen LogP contribution in [0.15, 0.2) is 24.3 Å². The number of ether oxygens (including phenoxy) is 1. The van der Waals surface area contributed by atoms with Crippen LogP contribution in [-0.2, 0) is 16.0 Å². The second-order valence-corrected chi connectivity index (χ2v) is 3.17. The Morgan fingerprint density at radius 2 is 2.13 bits per heavy atom. The summed E-state index contributed by atoms with van der Waals surface area (Å²) < 4.78 is 4.89. The highest BCUT2D eigenvalue weighted by atomic mass is 16.5. The van der Waals surface area contributed by atoms with Crippen molar-refractivity contribution in [3.05, 3.63) is 29.8 Å². The van der Waals surface area contributed by atoms with E-state index in [9.17, 15) is 4.79 Å². The number of esters is 1. The number of nitrogen functional groups attached to an aromatic ring is 1. The predicted octanol–water partition coefficient (Wildman–Crippen LogP) is 0.737. The van der Waals surface area contributed by atoms with Gasteiger partial charge in [-0.3, -0.25) is 4.79 Å². The number of hydrogen-bond acceptors (Lipinski definition) is 4. The largest absolute Gasteiger partial charge is 0.465 e. The Morgan fingerprint density at radius 1 is 1.40 bits per heavy atom. The summed E-state index contributed by atoms with van der Waals surface area (Å²) in [7, 11) is 0. The van der Waals surface area contributed by atoms with Crippen molar-refractivity contribution in [2.75, 3.05) is 18.9 Å². The van der Waals surface area contributed by atoms with E-state index in [1.165, 1.54) is 0 Å². The predicted molar refractivity (Wildman–Crippen MR) is 57.2 cm³/mol. The third-order valence-electron chi connectivity index (χ3n) is 1.96. The Bertz CT molecular complexity index is 325. The minimum atomic E-state index is -0.318. The van der Waals surface area contributed by atoms with Crippen molar-refractivity contribution in [1.82, 2.24) is 0 Å². The highest BCUT2D eigenvalue weighted by molar-refractivity contribution is 5.74. The molecule has 0 unspecified atom stereocenters. The summed E-state index contributed by atoms with van der Waals surface area (Å²) in [4.78, 5) is 11.3. The Kier molecular flexibility index (Phi) is 4.63. The molecule has 1 aromatic rings. The Labute approximate surface area is 88.7 Å². The summed E-state index contributed by atoms with van der Waals surface area (Å²) in [6.07, 6.45) is 0.647. The van der Waals surface area contributed by atoms with Gasteiger partial charge in [0.05, 0.1) is 13.0 Å². The number of nitrogens with two attached hydrogens (primary N) is 1. The molecule has 0 aliphatic carbocycles. The number of aliphatic hydroxyl groups is 1. The van der Waals surface area contributed by atoms with Gasteiger partial charge in [-0.05, 0) is 11.6 Å². The molecule has 0 aliphatic rings. The van der Waals surface area contributed by atoms with Crippen LogP contribution in [-0.4, -0.2) is 24.3 Å². The lowest BCUT2D eigenvalue weighted by Crippen LogP contribution is -2.11. The molecule has 1 aromatic carbocycles. The van der Waals surface area contributed by atoms with Crippen molar-refractivity contribution in [3.63, 3.8) is 0 Å². The topological polar surface area (TPSA) is 72.6 Å². The Hall–Kier alpha value is -1.55. The summed E-state index contributed by atoms with van der Waals surface area (Å²) >= 11 is 0. The highest BCUT2D eigenvalue weighted by Crippen LogP contribution is 2.11. The molecule has 0 radical (unpaired) electrons. The number of carbonyl (C=O) groups is 1. The lowest BCUT2D eigenvalue weighted by Gasteiger charge is -2.05. The van der Waals surface area contributed by atoms with Gasteiger partial charge in [0.2, 0.25) is 0 Å². The van der Waals surface area contributed by atoms with Crippen molar-refractivity contribution in [1.29, 1.82) is 0 Å². The van der Waals surface area contributed by atoms with Gasteiger partial charge in [0, 0.05) is 18.7 Å². The van der Waals surface area contributed by atoms with E-state index >= 15 is 0 Å². The monoisotopic (exact) mass is 209 g/mol. The molecule has 0 amide bonds. The Balaban J connectivity index is 2.41. The van der Waals surface area contributed by atoms with E-state index in [1.807, 2.05) is 12.1 Å². The number of para-hydroxylation sites is 1. The third kappa shape index (κ3) is 3.99. The molecule has 0 heterocycles. The fourth-order valence-electron chi connectivity index (χ4n) is 1.15. The van der Waals surface area contributed by atoms with E-state index in [0.717, 1.165) is 5.56 Å². The minimum absolute atomic E-state index is 0.0285. The summed E-state index contributed by atoms with van der Waals surface area (Å²) in [6.45, 7) is 0.281. The zero-order valence-corrected chi connectivity index (χ0v) is 8.48. The van der Waals surface area contributed by atoms with Gasteiger partial charge in [-0.1, -0.05) is 18.2 Å². The van der Waals surface area contributed by atoms with Crippen molar-refractivity contribution < 1.29 is 14.6 Å². The van der Waals surface area contributed by atoms with Crippen LogP contribution in [0.5, 0.6) is 0 Å². The maximum Gasteiger partial charge on any atom is 0.310 e. The first-order valence-electron chi connectivity index (χ1n) is 4.84. The average molecular weight is 209 g/mol. The van der Waals surface area contributed by atoms with Crippen LogP contribution < -0.4 is 5.73 Å². The summed E-state index contributed by atoms with van der Waals surface area (Å²) in [6, 6.07) is 7.18. The molecule has 0 bridgehead atoms. The van der Waals surface area contributed by atoms with Crippen LogP contribution in [0.3, 0.4) is 0 Å². The molecule has 0 aliphatic heterocycles. The van der Waals surface area contributed by atoms with E-state index in [2.05, 4.69) is 0 Å². The zero-order valence-electron chi connectivity index (χ0n) is 8.48. The molecule has 4 heteroatoms. The van der Waals surface area contributed by atoms with Gasteiger partial charge in [0.15, 0.2) is 0 Å². The van der Waals surface area contributed by atoms with Crippen LogP contribution in [0, 0.1) is 0 Å².